The molecule has 0 saturated heterocycles. The molecule has 1 fully saturated rings. The van der Waals surface area contributed by atoms with Crippen molar-refractivity contribution >= 4 is 11.7 Å². The number of carboxylic acids is 1. The maximum absolute atomic E-state index is 11.1. The van der Waals surface area contributed by atoms with Crippen molar-refractivity contribution in [3.8, 4) is 0 Å². The summed E-state index contributed by atoms with van der Waals surface area (Å²) in [4.78, 5) is 13.2. The number of nitrogens with one attached hydrogen (secondary N) is 1. The van der Waals surface area contributed by atoms with Crippen molar-refractivity contribution in [3.05, 3.63) is 29.8 Å². The molecule has 0 amide bonds. The molecule has 0 aromatic heterocycles. The summed E-state index contributed by atoms with van der Waals surface area (Å²) in [5.41, 5.74) is 2.44. The van der Waals surface area contributed by atoms with E-state index >= 15 is 0 Å². The molecule has 3 atom stereocenters. The lowest BCUT2D eigenvalue weighted by Crippen LogP contribution is -2.37. The molecule has 21 heavy (non-hydrogen) atoms. The van der Waals surface area contributed by atoms with E-state index in [9.17, 15) is 4.79 Å². The van der Waals surface area contributed by atoms with Gasteiger partial charge in [-0.1, -0.05) is 18.6 Å². The summed E-state index contributed by atoms with van der Waals surface area (Å²) >= 11 is 0. The summed E-state index contributed by atoms with van der Waals surface area (Å²) in [5, 5.41) is 12.7. The fourth-order valence-electron chi connectivity index (χ4n) is 3.08. The zero-order valence-corrected chi connectivity index (χ0v) is 13.2. The first-order chi connectivity index (χ1) is 9.97. The number of aliphatic carboxylic acids is 1. The van der Waals surface area contributed by atoms with E-state index in [1.54, 1.807) is 0 Å². The van der Waals surface area contributed by atoms with Crippen LogP contribution in [0.25, 0.3) is 0 Å². The molecule has 1 saturated carbocycles. The van der Waals surface area contributed by atoms with Gasteiger partial charge in [0.25, 0.3) is 0 Å². The zero-order valence-electron chi connectivity index (χ0n) is 13.2. The summed E-state index contributed by atoms with van der Waals surface area (Å²) in [7, 11) is 4.06. The minimum absolute atomic E-state index is 0.181. The smallest absolute Gasteiger partial charge is 0.306 e. The van der Waals surface area contributed by atoms with Crippen molar-refractivity contribution in [2.24, 2.45) is 5.92 Å². The van der Waals surface area contributed by atoms with Crippen LogP contribution in [-0.4, -0.2) is 31.2 Å². The van der Waals surface area contributed by atoms with E-state index in [-0.39, 0.29) is 12.0 Å². The third-order valence-corrected chi connectivity index (χ3v) is 4.42. The minimum atomic E-state index is -0.649. The van der Waals surface area contributed by atoms with E-state index in [1.807, 2.05) is 14.1 Å². The van der Waals surface area contributed by atoms with Crippen molar-refractivity contribution < 1.29 is 9.90 Å². The highest BCUT2D eigenvalue weighted by atomic mass is 16.4. The molecule has 0 bridgehead atoms. The molecule has 0 spiro atoms. The summed E-state index contributed by atoms with van der Waals surface area (Å²) < 4.78 is 0. The van der Waals surface area contributed by atoms with Crippen molar-refractivity contribution in [2.45, 2.75) is 44.7 Å². The zero-order chi connectivity index (χ0) is 15.4. The molecule has 1 aromatic rings. The van der Waals surface area contributed by atoms with Gasteiger partial charge >= 0.3 is 5.97 Å². The van der Waals surface area contributed by atoms with Gasteiger partial charge in [0.05, 0.1) is 5.92 Å². The molecule has 1 aliphatic carbocycles. The lowest BCUT2D eigenvalue weighted by Gasteiger charge is -2.30. The summed E-state index contributed by atoms with van der Waals surface area (Å²) in [6, 6.07) is 9.08. The van der Waals surface area contributed by atoms with Crippen LogP contribution in [0.1, 0.15) is 44.2 Å². The van der Waals surface area contributed by atoms with Crippen molar-refractivity contribution in [2.75, 3.05) is 19.0 Å². The molecule has 3 unspecified atom stereocenters. The van der Waals surface area contributed by atoms with Crippen LogP contribution < -0.4 is 10.2 Å². The average Bonchev–Trinajstić information content (AvgIpc) is 2.47. The van der Waals surface area contributed by atoms with Gasteiger partial charge in [0.15, 0.2) is 0 Å². The highest BCUT2D eigenvalue weighted by Gasteiger charge is 2.27. The normalized spacial score (nSPS) is 23.6. The second-order valence-corrected chi connectivity index (χ2v) is 6.27. The van der Waals surface area contributed by atoms with Gasteiger partial charge in [-0.3, -0.25) is 4.79 Å². The van der Waals surface area contributed by atoms with Crippen LogP contribution in [0, 0.1) is 5.92 Å². The Morgan fingerprint density at radius 3 is 2.52 bits per heavy atom. The predicted octanol–water partition coefficient (Wildman–Crippen LogP) is 3.05. The standard InChI is InChI=1S/C17H26N2O2/c1-12(13-7-9-16(10-8-13)19(2)3)18-15-6-4-5-14(11-15)17(20)21/h7-10,12,14-15,18H,4-6,11H2,1-3H3,(H,20,21). The van der Waals surface area contributed by atoms with E-state index in [1.165, 1.54) is 11.3 Å². The number of carbonyl (C=O) groups is 1. The Morgan fingerprint density at radius 1 is 1.29 bits per heavy atom. The predicted molar refractivity (Wildman–Crippen MR) is 85.7 cm³/mol. The minimum Gasteiger partial charge on any atom is -0.481 e. The number of hydrogen-bond acceptors (Lipinski definition) is 3. The van der Waals surface area contributed by atoms with Crippen LogP contribution in [0.3, 0.4) is 0 Å². The van der Waals surface area contributed by atoms with E-state index in [0.29, 0.717) is 6.04 Å². The van der Waals surface area contributed by atoms with E-state index < -0.39 is 5.97 Å². The third kappa shape index (κ3) is 4.21. The Balaban J connectivity index is 1.94. The van der Waals surface area contributed by atoms with Gasteiger partial charge in [-0.15, -0.1) is 0 Å². The Kier molecular flexibility index (Phi) is 5.23. The fourth-order valence-corrected chi connectivity index (χ4v) is 3.08. The van der Waals surface area contributed by atoms with Gasteiger partial charge < -0.3 is 15.3 Å². The quantitative estimate of drug-likeness (QED) is 0.875. The number of nitrogens with zero attached hydrogens (tertiary/aromatic N) is 1. The Bertz CT molecular complexity index is 470. The molecule has 0 radical (unpaired) electrons. The summed E-state index contributed by atoms with van der Waals surface area (Å²) in [6.45, 7) is 2.15. The molecule has 1 aromatic carbocycles. The van der Waals surface area contributed by atoms with Gasteiger partial charge in [-0.2, -0.15) is 0 Å². The molecule has 4 nitrogen and oxygen atoms in total. The number of anilines is 1. The molecule has 1 aliphatic rings. The maximum Gasteiger partial charge on any atom is 0.306 e. The molecular weight excluding hydrogens is 264 g/mol. The molecule has 0 aliphatic heterocycles. The summed E-state index contributed by atoms with van der Waals surface area (Å²) in [6.07, 6.45) is 3.64. The van der Waals surface area contributed by atoms with Gasteiger partial charge in [0.2, 0.25) is 0 Å². The molecular formula is C17H26N2O2. The lowest BCUT2D eigenvalue weighted by molar-refractivity contribution is -0.143. The Morgan fingerprint density at radius 2 is 1.95 bits per heavy atom. The highest BCUT2D eigenvalue weighted by molar-refractivity contribution is 5.70. The van der Waals surface area contributed by atoms with Crippen LogP contribution in [0.2, 0.25) is 0 Å². The molecule has 116 valence electrons. The largest absolute Gasteiger partial charge is 0.481 e. The Hall–Kier alpha value is -1.55. The lowest BCUT2D eigenvalue weighted by atomic mass is 9.85. The summed E-state index contributed by atoms with van der Waals surface area (Å²) in [5.74, 6) is -0.830. The first kappa shape index (κ1) is 15.8. The maximum atomic E-state index is 11.1. The van der Waals surface area contributed by atoms with Gasteiger partial charge in [0, 0.05) is 31.9 Å². The van der Waals surface area contributed by atoms with Crippen molar-refractivity contribution in [3.63, 3.8) is 0 Å². The highest BCUT2D eigenvalue weighted by Crippen LogP contribution is 2.27. The number of hydrogen-bond donors (Lipinski definition) is 2. The van der Waals surface area contributed by atoms with E-state index in [0.717, 1.165) is 25.7 Å². The van der Waals surface area contributed by atoms with E-state index in [2.05, 4.69) is 41.4 Å². The van der Waals surface area contributed by atoms with Crippen LogP contribution in [0.4, 0.5) is 5.69 Å². The van der Waals surface area contributed by atoms with E-state index in [4.69, 9.17) is 5.11 Å². The molecule has 2 rings (SSSR count). The second-order valence-electron chi connectivity index (χ2n) is 6.27. The van der Waals surface area contributed by atoms with Gasteiger partial charge in [-0.25, -0.2) is 0 Å². The molecule has 4 heteroatoms. The van der Waals surface area contributed by atoms with Gasteiger partial charge in [0.1, 0.15) is 0 Å². The van der Waals surface area contributed by atoms with Crippen molar-refractivity contribution in [1.82, 2.24) is 5.32 Å². The number of carboxylic acid groups (broad SMARTS) is 1. The number of rotatable bonds is 5. The molecule has 2 N–H and O–H groups in total. The molecule has 0 heterocycles. The van der Waals surface area contributed by atoms with Crippen LogP contribution >= 0.6 is 0 Å². The SMILES string of the molecule is CC(NC1CCCC(C(=O)O)C1)c1ccc(N(C)C)cc1. The van der Waals surface area contributed by atoms with Crippen LogP contribution in [0.15, 0.2) is 24.3 Å². The van der Waals surface area contributed by atoms with Crippen LogP contribution in [-0.2, 0) is 4.79 Å². The fraction of sp³-hybridized carbons (Fsp3) is 0.588. The van der Waals surface area contributed by atoms with Gasteiger partial charge in [-0.05, 0) is 43.9 Å². The topological polar surface area (TPSA) is 52.6 Å². The van der Waals surface area contributed by atoms with Crippen molar-refractivity contribution in [1.29, 1.82) is 0 Å². The monoisotopic (exact) mass is 290 g/mol. The Labute approximate surface area is 127 Å². The second kappa shape index (κ2) is 6.94. The average molecular weight is 290 g/mol. The number of benzene rings is 1. The van der Waals surface area contributed by atoms with Crippen LogP contribution in [0.5, 0.6) is 0 Å². The third-order valence-electron chi connectivity index (χ3n) is 4.42. The first-order valence-corrected chi connectivity index (χ1v) is 7.73. The first-order valence-electron chi connectivity index (χ1n) is 7.73.